The van der Waals surface area contributed by atoms with E-state index in [-0.39, 0.29) is 0 Å². The lowest BCUT2D eigenvalue weighted by molar-refractivity contribution is 0.192. The molecule has 0 spiro atoms. The second-order valence-electron chi connectivity index (χ2n) is 5.66. The van der Waals surface area contributed by atoms with Crippen molar-refractivity contribution in [2.45, 2.75) is 38.1 Å². The first-order chi connectivity index (χ1) is 8.48. The Morgan fingerprint density at radius 3 is 1.89 bits per heavy atom. The van der Waals surface area contributed by atoms with Gasteiger partial charge in [0.05, 0.1) is 0 Å². The Labute approximate surface area is 110 Å². The van der Waals surface area contributed by atoms with Crippen molar-refractivity contribution in [3.05, 3.63) is 47.6 Å². The first-order valence-electron chi connectivity index (χ1n) is 6.32. The smallest absolute Gasteiger partial charge is 0.189 e. The van der Waals surface area contributed by atoms with E-state index in [4.69, 9.17) is 4.43 Å². The van der Waals surface area contributed by atoms with E-state index in [0.29, 0.717) is 0 Å². The largest absolute Gasteiger partial charge is 0.394 e. The first-order valence-corrected chi connectivity index (χ1v) is 9.72. The summed E-state index contributed by atoms with van der Waals surface area (Å²) in [6, 6.07) is 2.45. The molecule has 0 amide bonds. The Balaban J connectivity index is 2.41. The molecule has 2 rings (SSSR count). The van der Waals surface area contributed by atoms with Crippen LogP contribution in [0, 0.1) is 11.3 Å². The Bertz CT molecular complexity index is 468. The molecule has 0 saturated carbocycles. The molecule has 0 aromatic carbocycles. The van der Waals surface area contributed by atoms with Gasteiger partial charge < -0.3 is 4.43 Å². The molecule has 0 aliphatic heterocycles. The second-order valence-corrected chi connectivity index (χ2v) is 10.1. The van der Waals surface area contributed by atoms with Crippen LogP contribution in [0.25, 0.3) is 0 Å². The highest BCUT2D eigenvalue weighted by Crippen LogP contribution is 2.39. The lowest BCUT2D eigenvalue weighted by Gasteiger charge is -2.36. The van der Waals surface area contributed by atoms with E-state index in [2.05, 4.69) is 37.9 Å². The van der Waals surface area contributed by atoms with E-state index in [9.17, 15) is 5.26 Å². The van der Waals surface area contributed by atoms with Crippen molar-refractivity contribution in [2.24, 2.45) is 0 Å². The molecule has 0 N–H and O–H groups in total. The number of nitrogens with zero attached hydrogens (tertiary/aromatic N) is 1. The predicted octanol–water partition coefficient (Wildman–Crippen LogP) is 3.87. The van der Waals surface area contributed by atoms with Crippen LogP contribution in [0.1, 0.15) is 12.8 Å². The molecular weight excluding hydrogens is 238 g/mol. The van der Waals surface area contributed by atoms with Gasteiger partial charge in [0.25, 0.3) is 0 Å². The van der Waals surface area contributed by atoms with Gasteiger partial charge in [0.15, 0.2) is 13.9 Å². The van der Waals surface area contributed by atoms with E-state index in [0.717, 1.165) is 24.0 Å². The molecule has 0 unspecified atom stereocenters. The minimum Gasteiger partial charge on any atom is -0.394 e. The Hall–Kier alpha value is -1.37. The van der Waals surface area contributed by atoms with Gasteiger partial charge in [0.2, 0.25) is 0 Å². The zero-order valence-corrected chi connectivity index (χ0v) is 12.2. The van der Waals surface area contributed by atoms with Crippen LogP contribution in [0.4, 0.5) is 0 Å². The van der Waals surface area contributed by atoms with Crippen LogP contribution >= 0.6 is 0 Å². The molecule has 0 aromatic rings. The van der Waals surface area contributed by atoms with Crippen LogP contribution < -0.4 is 0 Å². The lowest BCUT2D eigenvalue weighted by atomic mass is 9.85. The molecule has 2 aliphatic rings. The normalized spacial score (nSPS) is 18.8. The van der Waals surface area contributed by atoms with Gasteiger partial charge in [-0.25, -0.2) is 0 Å². The van der Waals surface area contributed by atoms with Gasteiger partial charge >= 0.3 is 0 Å². The summed E-state index contributed by atoms with van der Waals surface area (Å²) in [7, 11) is -1.81. The molecule has 2 nitrogen and oxygen atoms in total. The zero-order valence-electron chi connectivity index (χ0n) is 11.2. The number of rotatable bonds is 4. The number of hydrogen-bond donors (Lipinski definition) is 0. The van der Waals surface area contributed by atoms with Crippen molar-refractivity contribution >= 4 is 8.32 Å². The van der Waals surface area contributed by atoms with Crippen molar-refractivity contribution in [2.75, 3.05) is 0 Å². The summed E-state index contributed by atoms with van der Waals surface area (Å²) in [5, 5.41) is 9.77. The highest BCUT2D eigenvalue weighted by molar-refractivity contribution is 6.70. The summed E-state index contributed by atoms with van der Waals surface area (Å²) in [5.41, 5.74) is 1.29. The predicted molar refractivity (Wildman–Crippen MR) is 76.5 cm³/mol. The molecular formula is C15H19NOSi. The molecule has 0 atom stereocenters. The van der Waals surface area contributed by atoms with Gasteiger partial charge in [-0.2, -0.15) is 5.26 Å². The number of allylic oxidation sites excluding steroid dienone is 6. The summed E-state index contributed by atoms with van der Waals surface area (Å²) in [6.07, 6.45) is 13.9. The van der Waals surface area contributed by atoms with Gasteiger partial charge in [-0.05, 0) is 43.6 Å². The Morgan fingerprint density at radius 1 is 1.11 bits per heavy atom. The van der Waals surface area contributed by atoms with Crippen LogP contribution in [0.2, 0.25) is 19.6 Å². The highest BCUT2D eigenvalue weighted by atomic mass is 28.4. The van der Waals surface area contributed by atoms with Crippen molar-refractivity contribution in [1.29, 1.82) is 5.26 Å². The maximum atomic E-state index is 9.77. The monoisotopic (exact) mass is 257 g/mol. The van der Waals surface area contributed by atoms with Crippen molar-refractivity contribution in [3.8, 4) is 6.07 Å². The van der Waals surface area contributed by atoms with E-state index in [1.165, 1.54) is 0 Å². The molecule has 0 saturated heterocycles. The van der Waals surface area contributed by atoms with E-state index < -0.39 is 13.9 Å². The first kappa shape index (κ1) is 13.1. The van der Waals surface area contributed by atoms with Crippen LogP contribution in [0.15, 0.2) is 47.6 Å². The second kappa shape index (κ2) is 4.72. The summed E-state index contributed by atoms with van der Waals surface area (Å²) >= 11 is 0. The number of hydrogen-bond acceptors (Lipinski definition) is 2. The van der Waals surface area contributed by atoms with E-state index >= 15 is 0 Å². The Kier molecular flexibility index (Phi) is 3.42. The molecule has 94 valence electrons. The molecule has 0 bridgehead atoms. The summed E-state index contributed by atoms with van der Waals surface area (Å²) in [5.74, 6) is 0. The molecule has 0 aromatic heterocycles. The highest BCUT2D eigenvalue weighted by Gasteiger charge is 2.43. The zero-order chi connectivity index (χ0) is 13.2. The third-order valence-electron chi connectivity index (χ3n) is 3.06. The SMILES string of the molecule is C[Si](C)(C)OC(C#N)(C1=CC=CC1)C1=CC=CC1. The van der Waals surface area contributed by atoms with Gasteiger partial charge in [0, 0.05) is 0 Å². The fourth-order valence-electron chi connectivity index (χ4n) is 2.38. The van der Waals surface area contributed by atoms with Crippen LogP contribution in [-0.4, -0.2) is 13.9 Å². The minimum absolute atomic E-state index is 0.815. The standard InChI is InChI=1S/C15H19NOSi/c1-18(2,3)17-15(12-16,13-8-4-5-9-13)14-10-6-7-11-14/h4-8,10H,9,11H2,1-3H3. The minimum atomic E-state index is -1.81. The average molecular weight is 257 g/mol. The third kappa shape index (κ3) is 2.40. The molecule has 3 heteroatoms. The van der Waals surface area contributed by atoms with Gasteiger partial charge in [-0.15, -0.1) is 0 Å². The fourth-order valence-corrected chi connectivity index (χ4v) is 3.61. The summed E-state index contributed by atoms with van der Waals surface area (Å²) in [4.78, 5) is 0. The van der Waals surface area contributed by atoms with E-state index in [1.807, 2.05) is 24.3 Å². The van der Waals surface area contributed by atoms with E-state index in [1.54, 1.807) is 0 Å². The maximum Gasteiger partial charge on any atom is 0.189 e. The third-order valence-corrected chi connectivity index (χ3v) is 3.98. The molecule has 0 fully saturated rings. The van der Waals surface area contributed by atoms with Crippen molar-refractivity contribution < 1.29 is 4.43 Å². The molecule has 18 heavy (non-hydrogen) atoms. The van der Waals surface area contributed by atoms with Crippen molar-refractivity contribution in [3.63, 3.8) is 0 Å². The molecule has 0 radical (unpaired) electrons. The maximum absolute atomic E-state index is 9.77. The Morgan fingerprint density at radius 2 is 1.61 bits per heavy atom. The topological polar surface area (TPSA) is 33.0 Å². The fraction of sp³-hybridized carbons (Fsp3) is 0.400. The average Bonchev–Trinajstić information content (AvgIpc) is 2.97. The summed E-state index contributed by atoms with van der Waals surface area (Å²) < 4.78 is 6.30. The summed E-state index contributed by atoms with van der Waals surface area (Å²) in [6.45, 7) is 6.39. The van der Waals surface area contributed by atoms with Crippen LogP contribution in [-0.2, 0) is 4.43 Å². The van der Waals surface area contributed by atoms with Gasteiger partial charge in [-0.1, -0.05) is 36.5 Å². The van der Waals surface area contributed by atoms with Crippen LogP contribution in [0.3, 0.4) is 0 Å². The van der Waals surface area contributed by atoms with Crippen LogP contribution in [0.5, 0.6) is 0 Å². The van der Waals surface area contributed by atoms with Gasteiger partial charge in [-0.3, -0.25) is 0 Å². The quantitative estimate of drug-likeness (QED) is 0.716. The molecule has 0 heterocycles. The number of nitriles is 1. The van der Waals surface area contributed by atoms with Crippen molar-refractivity contribution in [1.82, 2.24) is 0 Å². The lowest BCUT2D eigenvalue weighted by Crippen LogP contribution is -2.44. The van der Waals surface area contributed by atoms with Gasteiger partial charge in [0.1, 0.15) is 6.07 Å². The molecule has 2 aliphatic carbocycles.